The Morgan fingerprint density at radius 3 is 2.92 bits per heavy atom. The maximum absolute atomic E-state index is 12.4. The van der Waals surface area contributed by atoms with Gasteiger partial charge in [-0.25, -0.2) is 0 Å². The second-order valence-corrected chi connectivity index (χ2v) is 6.64. The van der Waals surface area contributed by atoms with E-state index in [2.05, 4.69) is 27.3 Å². The van der Waals surface area contributed by atoms with Gasteiger partial charge in [0.25, 0.3) is 0 Å². The van der Waals surface area contributed by atoms with Gasteiger partial charge in [-0.3, -0.25) is 9.69 Å². The Morgan fingerprint density at radius 1 is 1.36 bits per heavy atom. The summed E-state index contributed by atoms with van der Waals surface area (Å²) in [5.74, 6) is 1.14. The van der Waals surface area contributed by atoms with Crippen molar-refractivity contribution in [3.63, 3.8) is 0 Å². The topological polar surface area (TPSA) is 71.3 Å². The van der Waals surface area contributed by atoms with Crippen molar-refractivity contribution in [2.75, 3.05) is 19.6 Å². The fourth-order valence-corrected chi connectivity index (χ4v) is 3.28. The van der Waals surface area contributed by atoms with E-state index in [1.54, 1.807) is 12.1 Å². The first kappa shape index (κ1) is 17.9. The zero-order chi connectivity index (χ0) is 17.6. The van der Waals surface area contributed by atoms with E-state index in [9.17, 15) is 4.79 Å². The number of nitrogens with zero attached hydrogens (tertiary/aromatic N) is 3. The Bertz CT molecular complexity index is 701. The van der Waals surface area contributed by atoms with Gasteiger partial charge in [0.15, 0.2) is 0 Å². The molecule has 0 radical (unpaired) electrons. The highest BCUT2D eigenvalue weighted by Crippen LogP contribution is 2.19. The van der Waals surface area contributed by atoms with Gasteiger partial charge < -0.3 is 9.84 Å². The first-order valence-corrected chi connectivity index (χ1v) is 9.15. The summed E-state index contributed by atoms with van der Waals surface area (Å²) in [6, 6.07) is 7.27. The minimum Gasteiger partial charge on any atom is -0.354 e. The number of benzene rings is 1. The molecule has 1 fully saturated rings. The van der Waals surface area contributed by atoms with Gasteiger partial charge >= 0.3 is 0 Å². The number of nitrogens with one attached hydrogen (secondary N) is 1. The van der Waals surface area contributed by atoms with Crippen LogP contribution in [-0.2, 0) is 11.2 Å². The van der Waals surface area contributed by atoms with E-state index in [1.165, 1.54) is 6.42 Å². The molecule has 3 rings (SSSR count). The van der Waals surface area contributed by atoms with Crippen LogP contribution in [0.25, 0.3) is 11.4 Å². The van der Waals surface area contributed by atoms with Crippen molar-refractivity contribution in [3.05, 3.63) is 35.2 Å². The first-order chi connectivity index (χ1) is 12.2. The van der Waals surface area contributed by atoms with Crippen LogP contribution in [0, 0.1) is 0 Å². The number of likely N-dealkylation sites (tertiary alicyclic amines) is 1. The maximum atomic E-state index is 12.4. The molecule has 1 aromatic heterocycles. The van der Waals surface area contributed by atoms with E-state index in [0.29, 0.717) is 29.7 Å². The molecule has 0 aliphatic carbocycles. The van der Waals surface area contributed by atoms with E-state index in [0.717, 1.165) is 31.5 Å². The Hall–Kier alpha value is -1.92. The molecule has 7 heteroatoms. The average Bonchev–Trinajstić information content (AvgIpc) is 3.11. The lowest BCUT2D eigenvalue weighted by Crippen LogP contribution is -2.49. The monoisotopic (exact) mass is 362 g/mol. The van der Waals surface area contributed by atoms with E-state index in [-0.39, 0.29) is 11.9 Å². The summed E-state index contributed by atoms with van der Waals surface area (Å²) in [6.45, 7) is 4.51. The van der Waals surface area contributed by atoms with Gasteiger partial charge in [-0.05, 0) is 50.2 Å². The summed E-state index contributed by atoms with van der Waals surface area (Å²) < 4.78 is 5.26. The summed E-state index contributed by atoms with van der Waals surface area (Å²) >= 11 is 5.88. The molecule has 1 amide bonds. The quantitative estimate of drug-likeness (QED) is 0.855. The highest BCUT2D eigenvalue weighted by atomic mass is 35.5. The van der Waals surface area contributed by atoms with Crippen LogP contribution in [-0.4, -0.2) is 46.6 Å². The van der Waals surface area contributed by atoms with E-state index >= 15 is 0 Å². The molecule has 134 valence electrons. The molecule has 1 aromatic carbocycles. The Balaban J connectivity index is 1.50. The van der Waals surface area contributed by atoms with E-state index in [1.807, 2.05) is 12.1 Å². The van der Waals surface area contributed by atoms with Gasteiger partial charge in [0.1, 0.15) is 0 Å². The van der Waals surface area contributed by atoms with Crippen molar-refractivity contribution < 1.29 is 9.32 Å². The lowest BCUT2D eigenvalue weighted by Gasteiger charge is -2.33. The highest BCUT2D eigenvalue weighted by Gasteiger charge is 2.27. The van der Waals surface area contributed by atoms with Gasteiger partial charge in [-0.1, -0.05) is 30.1 Å². The lowest BCUT2D eigenvalue weighted by atomic mass is 10.0. The van der Waals surface area contributed by atoms with Gasteiger partial charge in [0.2, 0.25) is 17.6 Å². The number of hydrogen-bond acceptors (Lipinski definition) is 5. The SMILES string of the molecule is CCN1CCCC[C@@H]1C(=O)NCCc1nc(-c2ccc(Cl)cc2)no1. The van der Waals surface area contributed by atoms with Crippen LogP contribution in [0.15, 0.2) is 28.8 Å². The third-order valence-corrected chi connectivity index (χ3v) is 4.78. The van der Waals surface area contributed by atoms with Gasteiger partial charge in [0, 0.05) is 23.6 Å². The molecule has 1 aliphatic rings. The second-order valence-electron chi connectivity index (χ2n) is 6.20. The summed E-state index contributed by atoms with van der Waals surface area (Å²) in [7, 11) is 0. The Labute approximate surface area is 152 Å². The van der Waals surface area contributed by atoms with Crippen LogP contribution >= 0.6 is 11.6 Å². The average molecular weight is 363 g/mol. The Kier molecular flexibility index (Phi) is 6.04. The van der Waals surface area contributed by atoms with Crippen LogP contribution in [0.1, 0.15) is 32.1 Å². The third-order valence-electron chi connectivity index (χ3n) is 4.53. The largest absolute Gasteiger partial charge is 0.354 e. The Morgan fingerprint density at radius 2 is 2.16 bits per heavy atom. The molecule has 1 saturated heterocycles. The first-order valence-electron chi connectivity index (χ1n) is 8.77. The molecule has 6 nitrogen and oxygen atoms in total. The summed E-state index contributed by atoms with van der Waals surface area (Å²) in [5, 5.41) is 7.64. The molecule has 2 heterocycles. The van der Waals surface area contributed by atoms with Crippen molar-refractivity contribution in [2.45, 2.75) is 38.6 Å². The van der Waals surface area contributed by atoms with Gasteiger partial charge in [-0.15, -0.1) is 0 Å². The number of amides is 1. The van der Waals surface area contributed by atoms with Crippen molar-refractivity contribution in [1.82, 2.24) is 20.4 Å². The highest BCUT2D eigenvalue weighted by molar-refractivity contribution is 6.30. The molecule has 2 aromatic rings. The predicted octanol–water partition coefficient (Wildman–Crippen LogP) is 2.92. The predicted molar refractivity (Wildman–Crippen MR) is 96.3 cm³/mol. The molecule has 0 bridgehead atoms. The lowest BCUT2D eigenvalue weighted by molar-refractivity contribution is -0.127. The van der Waals surface area contributed by atoms with Crippen LogP contribution < -0.4 is 5.32 Å². The summed E-state index contributed by atoms with van der Waals surface area (Å²) in [4.78, 5) is 19.0. The number of aromatic nitrogens is 2. The molecule has 1 aliphatic heterocycles. The smallest absolute Gasteiger partial charge is 0.237 e. The van der Waals surface area contributed by atoms with Gasteiger partial charge in [-0.2, -0.15) is 4.98 Å². The molecule has 0 saturated carbocycles. The fraction of sp³-hybridized carbons (Fsp3) is 0.500. The maximum Gasteiger partial charge on any atom is 0.237 e. The number of halogens is 1. The number of carbonyl (C=O) groups excluding carboxylic acids is 1. The normalized spacial score (nSPS) is 18.2. The van der Waals surface area contributed by atoms with Crippen LogP contribution in [0.3, 0.4) is 0 Å². The number of piperidine rings is 1. The number of likely N-dealkylation sites (N-methyl/N-ethyl adjacent to an activating group) is 1. The summed E-state index contributed by atoms with van der Waals surface area (Å²) in [5.41, 5.74) is 0.851. The third kappa shape index (κ3) is 4.58. The molecule has 1 atom stereocenters. The molecule has 0 spiro atoms. The van der Waals surface area contributed by atoms with Gasteiger partial charge in [0.05, 0.1) is 6.04 Å². The minimum absolute atomic E-state index is 0.00827. The molecule has 0 unspecified atom stereocenters. The number of carbonyl (C=O) groups is 1. The van der Waals surface area contributed by atoms with Crippen molar-refractivity contribution in [1.29, 1.82) is 0 Å². The standard InChI is InChI=1S/C18H23ClN4O2/c1-2-23-12-4-3-5-15(23)18(24)20-11-10-16-21-17(22-25-16)13-6-8-14(19)9-7-13/h6-9,15H,2-5,10-12H2,1H3,(H,20,24)/t15-/m1/s1. The number of rotatable bonds is 6. The minimum atomic E-state index is -0.00827. The second kappa shape index (κ2) is 8.45. The number of hydrogen-bond donors (Lipinski definition) is 1. The summed E-state index contributed by atoms with van der Waals surface area (Å²) in [6.07, 6.45) is 3.74. The zero-order valence-corrected chi connectivity index (χ0v) is 15.1. The van der Waals surface area contributed by atoms with Crippen molar-refractivity contribution in [3.8, 4) is 11.4 Å². The molecule has 25 heavy (non-hydrogen) atoms. The van der Waals surface area contributed by atoms with Crippen molar-refractivity contribution >= 4 is 17.5 Å². The van der Waals surface area contributed by atoms with E-state index < -0.39 is 0 Å². The van der Waals surface area contributed by atoms with Crippen LogP contribution in [0.5, 0.6) is 0 Å². The fourth-order valence-electron chi connectivity index (χ4n) is 3.15. The molecular weight excluding hydrogens is 340 g/mol. The van der Waals surface area contributed by atoms with Crippen molar-refractivity contribution in [2.24, 2.45) is 0 Å². The van der Waals surface area contributed by atoms with E-state index in [4.69, 9.17) is 16.1 Å². The van der Waals surface area contributed by atoms with Crippen LogP contribution in [0.4, 0.5) is 0 Å². The van der Waals surface area contributed by atoms with Crippen LogP contribution in [0.2, 0.25) is 5.02 Å². The molecule has 1 N–H and O–H groups in total. The zero-order valence-electron chi connectivity index (χ0n) is 14.4. The molecular formula is C18H23ClN4O2.